The van der Waals surface area contributed by atoms with Gasteiger partial charge in [-0.25, -0.2) is 0 Å². The molecular formula is C26H42O. The highest BCUT2D eigenvalue weighted by Gasteiger charge is 2.34. The highest BCUT2D eigenvalue weighted by atomic mass is 16.1. The smallest absolute Gasteiger partial charge is 0.139 e. The number of ketones is 1. The van der Waals surface area contributed by atoms with Gasteiger partial charge in [-0.15, -0.1) is 0 Å². The van der Waals surface area contributed by atoms with Gasteiger partial charge in [0.25, 0.3) is 0 Å². The van der Waals surface area contributed by atoms with Gasteiger partial charge in [-0.1, -0.05) is 95.8 Å². The highest BCUT2D eigenvalue weighted by Crippen LogP contribution is 2.42. The largest absolute Gasteiger partial charge is 0.299 e. The molecule has 0 aromatic carbocycles. The fraction of sp³-hybridized carbons (Fsp3) is 0.731. The van der Waals surface area contributed by atoms with Crippen molar-refractivity contribution in [2.75, 3.05) is 0 Å². The molecule has 1 saturated carbocycles. The lowest BCUT2D eigenvalue weighted by Gasteiger charge is -2.35. The van der Waals surface area contributed by atoms with Crippen LogP contribution in [0, 0.1) is 22.7 Å². The summed E-state index contributed by atoms with van der Waals surface area (Å²) in [4.78, 5) is 13.0. The van der Waals surface area contributed by atoms with E-state index in [0.29, 0.717) is 17.6 Å². The van der Waals surface area contributed by atoms with E-state index in [1.54, 1.807) is 0 Å². The van der Waals surface area contributed by atoms with Crippen LogP contribution in [0.15, 0.2) is 36.0 Å². The molecule has 2 rings (SSSR count). The van der Waals surface area contributed by atoms with Crippen molar-refractivity contribution in [1.82, 2.24) is 0 Å². The van der Waals surface area contributed by atoms with Gasteiger partial charge in [0.2, 0.25) is 0 Å². The third kappa shape index (κ3) is 6.19. The zero-order chi connectivity index (χ0) is 19.9. The molecule has 0 radical (unpaired) electrons. The van der Waals surface area contributed by atoms with E-state index in [4.69, 9.17) is 0 Å². The first kappa shape index (κ1) is 22.2. The van der Waals surface area contributed by atoms with Crippen molar-refractivity contribution >= 4 is 5.78 Å². The Morgan fingerprint density at radius 3 is 2.33 bits per heavy atom. The molecule has 0 heterocycles. The fourth-order valence-corrected chi connectivity index (χ4v) is 4.79. The fourth-order valence-electron chi connectivity index (χ4n) is 4.79. The molecular weight excluding hydrogens is 328 g/mol. The maximum Gasteiger partial charge on any atom is 0.139 e. The van der Waals surface area contributed by atoms with Gasteiger partial charge in [-0.2, -0.15) is 0 Å². The van der Waals surface area contributed by atoms with Crippen LogP contribution in [0.25, 0.3) is 0 Å². The number of hydrogen-bond acceptors (Lipinski definition) is 1. The number of carbonyl (C=O) groups is 1. The molecule has 1 fully saturated rings. The summed E-state index contributed by atoms with van der Waals surface area (Å²) in [6.07, 6.45) is 23.1. The van der Waals surface area contributed by atoms with Crippen molar-refractivity contribution in [2.45, 2.75) is 98.8 Å². The van der Waals surface area contributed by atoms with Gasteiger partial charge in [-0.05, 0) is 44.4 Å². The van der Waals surface area contributed by atoms with E-state index in [0.717, 1.165) is 25.7 Å². The molecule has 2 unspecified atom stereocenters. The quantitative estimate of drug-likeness (QED) is 0.482. The summed E-state index contributed by atoms with van der Waals surface area (Å²) in [6.45, 7) is 11.3. The Labute approximate surface area is 168 Å². The van der Waals surface area contributed by atoms with Gasteiger partial charge < -0.3 is 0 Å². The van der Waals surface area contributed by atoms with Crippen LogP contribution < -0.4 is 0 Å². The predicted molar refractivity (Wildman–Crippen MR) is 118 cm³/mol. The molecule has 1 nitrogen and oxygen atoms in total. The Balaban J connectivity index is 1.99. The van der Waals surface area contributed by atoms with Gasteiger partial charge in [0.05, 0.1) is 0 Å². The van der Waals surface area contributed by atoms with Crippen molar-refractivity contribution in [3.63, 3.8) is 0 Å². The number of Topliss-reactive ketones (excluding diaryl/α,β-unsaturated/α-hetero) is 1. The van der Waals surface area contributed by atoms with Gasteiger partial charge in [0.1, 0.15) is 5.78 Å². The standard InChI is InChI=1S/C26H42O/c1-6-21(2)20-24(27)26(5)16-9-7-13-23(14-8-10-17-26)25(4)18-11-12-22(3)15-19-25/h11-12,15,18-19,21,23H,6-10,13-14,16-17,20H2,1-5H3. The zero-order valence-corrected chi connectivity index (χ0v) is 18.5. The van der Waals surface area contributed by atoms with Crippen molar-refractivity contribution < 1.29 is 4.79 Å². The van der Waals surface area contributed by atoms with E-state index in [1.807, 2.05) is 0 Å². The molecule has 152 valence electrons. The van der Waals surface area contributed by atoms with Crippen LogP contribution in [0.3, 0.4) is 0 Å². The summed E-state index contributed by atoms with van der Waals surface area (Å²) in [6, 6.07) is 0. The first-order chi connectivity index (χ1) is 12.8. The lowest BCUT2D eigenvalue weighted by atomic mass is 9.68. The first-order valence-corrected chi connectivity index (χ1v) is 11.4. The maximum atomic E-state index is 13.0. The van der Waals surface area contributed by atoms with Crippen LogP contribution in [-0.2, 0) is 4.79 Å². The molecule has 2 atom stereocenters. The van der Waals surface area contributed by atoms with Crippen molar-refractivity contribution in [1.29, 1.82) is 0 Å². The molecule has 1 heteroatoms. The van der Waals surface area contributed by atoms with Crippen LogP contribution in [0.5, 0.6) is 0 Å². The molecule has 27 heavy (non-hydrogen) atoms. The molecule has 0 N–H and O–H groups in total. The predicted octanol–water partition coefficient (Wildman–Crippen LogP) is 7.83. The second-order valence-electron chi connectivity index (χ2n) is 9.86. The molecule has 0 aliphatic heterocycles. The van der Waals surface area contributed by atoms with Crippen molar-refractivity contribution in [3.05, 3.63) is 36.0 Å². The Morgan fingerprint density at radius 2 is 1.74 bits per heavy atom. The molecule has 2 aliphatic carbocycles. The van der Waals surface area contributed by atoms with Gasteiger partial charge in [-0.3, -0.25) is 4.79 Å². The topological polar surface area (TPSA) is 17.1 Å². The minimum absolute atomic E-state index is 0.0800. The molecule has 0 spiro atoms. The van der Waals surface area contributed by atoms with Crippen LogP contribution in [0.2, 0.25) is 0 Å². The summed E-state index contributed by atoms with van der Waals surface area (Å²) >= 11 is 0. The van der Waals surface area contributed by atoms with Crippen molar-refractivity contribution in [3.8, 4) is 0 Å². The van der Waals surface area contributed by atoms with E-state index in [-0.39, 0.29) is 10.8 Å². The molecule has 0 saturated heterocycles. The summed E-state index contributed by atoms with van der Waals surface area (Å²) in [5, 5.41) is 0. The molecule has 0 bridgehead atoms. The maximum absolute atomic E-state index is 13.0. The Morgan fingerprint density at radius 1 is 1.11 bits per heavy atom. The Bertz CT molecular complexity index is 567. The lowest BCUT2D eigenvalue weighted by Crippen LogP contribution is -2.30. The number of hydrogen-bond donors (Lipinski definition) is 0. The van der Waals surface area contributed by atoms with Gasteiger partial charge in [0, 0.05) is 17.3 Å². The number of carbonyl (C=O) groups excluding carboxylic acids is 1. The molecule has 0 aromatic heterocycles. The van der Waals surface area contributed by atoms with E-state index in [9.17, 15) is 4.79 Å². The highest BCUT2D eigenvalue weighted by molar-refractivity contribution is 5.84. The number of rotatable bonds is 5. The van der Waals surface area contributed by atoms with E-state index in [2.05, 4.69) is 65.0 Å². The van der Waals surface area contributed by atoms with Gasteiger partial charge in [0.15, 0.2) is 0 Å². The average Bonchev–Trinajstić information content (AvgIpc) is 2.82. The van der Waals surface area contributed by atoms with Crippen molar-refractivity contribution in [2.24, 2.45) is 22.7 Å². The van der Waals surface area contributed by atoms with E-state index >= 15 is 0 Å². The monoisotopic (exact) mass is 370 g/mol. The summed E-state index contributed by atoms with van der Waals surface area (Å²) < 4.78 is 0. The SMILES string of the molecule is CCC(C)CC(=O)C1(C)CCCCC(C2(C)C=CC=C(C)C=C2)CCCC1. The lowest BCUT2D eigenvalue weighted by molar-refractivity contribution is -0.129. The van der Waals surface area contributed by atoms with Gasteiger partial charge >= 0.3 is 0 Å². The normalized spacial score (nSPS) is 33.8. The van der Waals surface area contributed by atoms with Crippen LogP contribution >= 0.6 is 0 Å². The summed E-state index contributed by atoms with van der Waals surface area (Å²) in [7, 11) is 0. The number of allylic oxidation sites excluding steroid dienone is 6. The average molecular weight is 371 g/mol. The summed E-state index contributed by atoms with van der Waals surface area (Å²) in [5.41, 5.74) is 1.43. The second-order valence-corrected chi connectivity index (χ2v) is 9.86. The van der Waals surface area contributed by atoms with Crippen LogP contribution in [0.1, 0.15) is 98.8 Å². The van der Waals surface area contributed by atoms with Crippen LogP contribution in [-0.4, -0.2) is 5.78 Å². The molecule has 0 aromatic rings. The van der Waals surface area contributed by atoms with Crippen LogP contribution in [0.4, 0.5) is 0 Å². The third-order valence-corrected chi connectivity index (χ3v) is 7.37. The minimum atomic E-state index is -0.0800. The Hall–Kier alpha value is -1.11. The minimum Gasteiger partial charge on any atom is -0.299 e. The zero-order valence-electron chi connectivity index (χ0n) is 18.5. The van der Waals surface area contributed by atoms with E-state index < -0.39 is 0 Å². The summed E-state index contributed by atoms with van der Waals surface area (Å²) in [5.74, 6) is 1.77. The van der Waals surface area contributed by atoms with E-state index in [1.165, 1.54) is 44.1 Å². The Kier molecular flexibility index (Phi) is 8.13. The third-order valence-electron chi connectivity index (χ3n) is 7.37. The molecule has 0 amide bonds. The second kappa shape index (κ2) is 9.89. The first-order valence-electron chi connectivity index (χ1n) is 11.4. The molecule has 2 aliphatic rings.